The quantitative estimate of drug-likeness (QED) is 0.726. The maximum Gasteiger partial charge on any atom is 0.345 e. The molecule has 6 nitrogen and oxygen atoms in total. The monoisotopic (exact) mass is 281 g/mol. The average molecular weight is 282 g/mol. The second kappa shape index (κ2) is 8.10. The molecule has 0 saturated carbocycles. The Kier molecular flexibility index (Phi) is 7.60. The van der Waals surface area contributed by atoms with Gasteiger partial charge in [-0.1, -0.05) is 23.2 Å². The van der Waals surface area contributed by atoms with Crippen LogP contribution in [0.4, 0.5) is 10.5 Å². The Bertz CT molecular complexity index is 377. The number of urea groups is 1. The molecule has 4 N–H and O–H groups in total. The molecule has 8 heteroatoms. The summed E-state index contributed by atoms with van der Waals surface area (Å²) >= 11 is 11.5. The van der Waals surface area contributed by atoms with Gasteiger partial charge >= 0.3 is 6.03 Å². The Morgan fingerprint density at radius 2 is 2.00 bits per heavy atom. The van der Waals surface area contributed by atoms with E-state index in [1.807, 2.05) is 0 Å². The minimum absolute atomic E-state index is 0.384. The van der Waals surface area contributed by atoms with E-state index in [1.165, 1.54) is 14.2 Å². The van der Waals surface area contributed by atoms with Gasteiger partial charge in [0.25, 0.3) is 0 Å². The van der Waals surface area contributed by atoms with Crippen LogP contribution in [0.1, 0.15) is 0 Å². The van der Waals surface area contributed by atoms with Crippen LogP contribution in [0, 0.1) is 0 Å². The first-order chi connectivity index (χ1) is 8.04. The van der Waals surface area contributed by atoms with Crippen molar-refractivity contribution in [3.8, 4) is 0 Å². The van der Waals surface area contributed by atoms with Crippen molar-refractivity contribution >= 4 is 34.9 Å². The summed E-state index contributed by atoms with van der Waals surface area (Å²) in [7, 11) is 2.89. The van der Waals surface area contributed by atoms with Crippen LogP contribution in [0.25, 0.3) is 0 Å². The number of carbonyl (C=O) groups is 1. The van der Waals surface area contributed by atoms with E-state index in [0.717, 1.165) is 5.06 Å². The van der Waals surface area contributed by atoms with Gasteiger partial charge in [-0.3, -0.25) is 4.84 Å². The average Bonchev–Trinajstić information content (AvgIpc) is 2.35. The van der Waals surface area contributed by atoms with E-state index in [0.29, 0.717) is 15.7 Å². The van der Waals surface area contributed by atoms with E-state index < -0.39 is 6.03 Å². The lowest BCUT2D eigenvalue weighted by Gasteiger charge is -2.14. The Labute approximate surface area is 109 Å². The third kappa shape index (κ3) is 5.20. The first kappa shape index (κ1) is 16.0. The van der Waals surface area contributed by atoms with E-state index in [1.54, 1.807) is 18.2 Å². The topological polar surface area (TPSA) is 87.8 Å². The van der Waals surface area contributed by atoms with Crippen molar-refractivity contribution in [3.05, 3.63) is 28.2 Å². The van der Waals surface area contributed by atoms with Crippen molar-refractivity contribution in [3.63, 3.8) is 0 Å². The highest BCUT2D eigenvalue weighted by molar-refractivity contribution is 6.42. The van der Waals surface area contributed by atoms with Crippen LogP contribution in [0.2, 0.25) is 10.0 Å². The molecule has 0 heterocycles. The number of halogens is 2. The van der Waals surface area contributed by atoms with E-state index in [2.05, 4.69) is 11.2 Å². The van der Waals surface area contributed by atoms with Crippen molar-refractivity contribution in [1.82, 2.24) is 5.06 Å². The largest absolute Gasteiger partial charge is 0.345 e. The van der Waals surface area contributed by atoms with Gasteiger partial charge in [-0.2, -0.15) is 0 Å². The molecule has 0 bridgehead atoms. The molecule has 0 aromatic heterocycles. The molecular weight excluding hydrogens is 269 g/mol. The lowest BCUT2D eigenvalue weighted by atomic mass is 10.3. The number of hydrogen-bond acceptors (Lipinski definition) is 4. The summed E-state index contributed by atoms with van der Waals surface area (Å²) in [6, 6.07) is 4.42. The summed E-state index contributed by atoms with van der Waals surface area (Å²) in [4.78, 5) is 16.1. The molecule has 96 valence electrons. The number of nitrogens with two attached hydrogens (primary N) is 1. The zero-order chi connectivity index (χ0) is 13.4. The molecule has 0 unspecified atom stereocenters. The second-order valence-corrected chi connectivity index (χ2v) is 3.55. The molecular formula is C9H13Cl2N3O3. The highest BCUT2D eigenvalue weighted by Gasteiger charge is 2.08. The highest BCUT2D eigenvalue weighted by Crippen LogP contribution is 2.25. The van der Waals surface area contributed by atoms with E-state index >= 15 is 0 Å². The number of nitrogens with one attached hydrogen (secondary N) is 1. The van der Waals surface area contributed by atoms with E-state index in [-0.39, 0.29) is 0 Å². The first-order valence-electron chi connectivity index (χ1n) is 4.34. The van der Waals surface area contributed by atoms with Crippen LogP contribution in [0.15, 0.2) is 18.2 Å². The van der Waals surface area contributed by atoms with Crippen molar-refractivity contribution in [2.45, 2.75) is 0 Å². The zero-order valence-corrected chi connectivity index (χ0v) is 10.8. The van der Waals surface area contributed by atoms with Gasteiger partial charge in [0.2, 0.25) is 0 Å². The Morgan fingerprint density at radius 1 is 1.41 bits per heavy atom. The molecule has 0 fully saturated rings. The van der Waals surface area contributed by atoms with Crippen molar-refractivity contribution in [1.29, 1.82) is 0 Å². The molecule has 0 aliphatic rings. The SMILES string of the molecule is CON(C)C(=O)Nc1ccc(Cl)c(Cl)c1.NO. The van der Waals surface area contributed by atoms with Gasteiger partial charge in [-0.05, 0) is 18.2 Å². The summed E-state index contributed by atoms with van der Waals surface area (Å²) in [6.07, 6.45) is 0. The number of amides is 2. The lowest BCUT2D eigenvalue weighted by Crippen LogP contribution is -2.30. The molecule has 0 saturated heterocycles. The smallest absolute Gasteiger partial charge is 0.320 e. The van der Waals surface area contributed by atoms with E-state index in [4.69, 9.17) is 33.2 Å². The van der Waals surface area contributed by atoms with Crippen LogP contribution in [0.3, 0.4) is 0 Å². The van der Waals surface area contributed by atoms with Crippen molar-refractivity contribution < 1.29 is 14.8 Å². The molecule has 0 aliphatic carbocycles. The standard InChI is InChI=1S/C9H10Cl2N2O2.H3NO/c1-13(15-2)9(14)12-6-3-4-7(10)8(11)5-6;1-2/h3-5H,1-2H3,(H,12,14);2H,1H2. The summed E-state index contributed by atoms with van der Waals surface area (Å²) in [6.45, 7) is 0. The van der Waals surface area contributed by atoms with Crippen LogP contribution in [-0.2, 0) is 4.84 Å². The summed E-state index contributed by atoms with van der Waals surface area (Å²) < 4.78 is 0. The first-order valence-corrected chi connectivity index (χ1v) is 5.10. The number of hydrogen-bond donors (Lipinski definition) is 3. The van der Waals surface area contributed by atoms with Crippen LogP contribution in [0.5, 0.6) is 0 Å². The highest BCUT2D eigenvalue weighted by atomic mass is 35.5. The Hall–Kier alpha value is -1.05. The van der Waals surface area contributed by atoms with Crippen molar-refractivity contribution in [2.75, 3.05) is 19.5 Å². The number of hydroxylamine groups is 2. The molecule has 0 spiro atoms. The third-order valence-electron chi connectivity index (χ3n) is 1.73. The number of carbonyl (C=O) groups excluding carboxylic acids is 1. The van der Waals surface area contributed by atoms with Gasteiger partial charge in [0, 0.05) is 12.7 Å². The molecule has 0 atom stereocenters. The predicted molar refractivity (Wildman–Crippen MR) is 66.2 cm³/mol. The fourth-order valence-electron chi connectivity index (χ4n) is 0.859. The maximum atomic E-state index is 11.4. The molecule has 17 heavy (non-hydrogen) atoms. The number of benzene rings is 1. The maximum absolute atomic E-state index is 11.4. The Balaban J connectivity index is 0.00000121. The molecule has 2 amide bonds. The van der Waals surface area contributed by atoms with Gasteiger partial charge in [0.1, 0.15) is 0 Å². The van der Waals surface area contributed by atoms with E-state index in [9.17, 15) is 4.79 Å². The van der Waals surface area contributed by atoms with Crippen LogP contribution in [-0.4, -0.2) is 30.5 Å². The lowest BCUT2D eigenvalue weighted by molar-refractivity contribution is -0.0598. The molecule has 0 radical (unpaired) electrons. The Morgan fingerprint density at radius 3 is 2.47 bits per heavy atom. The second-order valence-electron chi connectivity index (χ2n) is 2.74. The molecule has 0 aliphatic heterocycles. The fraction of sp³-hybridized carbons (Fsp3) is 0.222. The predicted octanol–water partition coefficient (Wildman–Crippen LogP) is 2.35. The number of anilines is 1. The molecule has 1 rings (SSSR count). The van der Waals surface area contributed by atoms with Gasteiger partial charge in [0.05, 0.1) is 17.2 Å². The summed E-state index contributed by atoms with van der Waals surface area (Å²) in [5.41, 5.74) is 0.554. The van der Waals surface area contributed by atoms with Gasteiger partial charge < -0.3 is 10.5 Å². The van der Waals surface area contributed by atoms with Crippen molar-refractivity contribution in [2.24, 2.45) is 5.90 Å². The van der Waals surface area contributed by atoms with Crippen LogP contribution < -0.4 is 11.2 Å². The zero-order valence-electron chi connectivity index (χ0n) is 9.28. The summed E-state index contributed by atoms with van der Waals surface area (Å²) in [5, 5.41) is 11.0. The van der Waals surface area contributed by atoms with Gasteiger partial charge in [-0.25, -0.2) is 15.8 Å². The molecule has 1 aromatic rings. The normalized spacial score (nSPS) is 9.06. The minimum Gasteiger partial charge on any atom is -0.320 e. The van der Waals surface area contributed by atoms with Crippen LogP contribution >= 0.6 is 23.2 Å². The fourth-order valence-corrected chi connectivity index (χ4v) is 1.16. The number of nitrogens with zero attached hydrogens (tertiary/aromatic N) is 1. The number of rotatable bonds is 2. The summed E-state index contributed by atoms with van der Waals surface area (Å²) in [5.74, 6) is 3.50. The minimum atomic E-state index is -0.393. The third-order valence-corrected chi connectivity index (χ3v) is 2.47. The van der Waals surface area contributed by atoms with Gasteiger partial charge in [0.15, 0.2) is 0 Å². The van der Waals surface area contributed by atoms with Gasteiger partial charge in [-0.15, -0.1) is 0 Å². The molecule has 1 aromatic carbocycles.